The molecule has 6 atom stereocenters. The van der Waals surface area contributed by atoms with E-state index in [1.165, 1.54) is 6.07 Å². The molecule has 4 amide bonds. The summed E-state index contributed by atoms with van der Waals surface area (Å²) < 4.78 is 11.1. The number of carbonyl (C=O) groups is 6. The van der Waals surface area contributed by atoms with Crippen LogP contribution in [0.2, 0.25) is 0 Å². The minimum absolute atomic E-state index is 0.0238. The van der Waals surface area contributed by atoms with Crippen molar-refractivity contribution in [1.29, 1.82) is 0 Å². The van der Waals surface area contributed by atoms with Gasteiger partial charge in [0.15, 0.2) is 0 Å². The fourth-order valence-corrected chi connectivity index (χ4v) is 7.92. The van der Waals surface area contributed by atoms with Crippen LogP contribution >= 0.6 is 0 Å². The zero-order valence-electron chi connectivity index (χ0n) is 32.8. The molecule has 15 nitrogen and oxygen atoms in total. The van der Waals surface area contributed by atoms with Crippen LogP contribution in [0, 0.1) is 11.8 Å². The Balaban J connectivity index is 1.47. The number of nitrogens with zero attached hydrogens (tertiary/aromatic N) is 2. The highest BCUT2D eigenvalue weighted by Crippen LogP contribution is 2.40. The number of carboxylic acids is 1. The number of likely N-dealkylation sites (tertiary alicyclic amines) is 1. The number of para-hydroxylation sites is 1. The molecule has 1 aliphatic carbocycles. The van der Waals surface area contributed by atoms with Gasteiger partial charge >= 0.3 is 11.9 Å². The van der Waals surface area contributed by atoms with Crippen LogP contribution in [0.1, 0.15) is 75.3 Å². The second-order valence-electron chi connectivity index (χ2n) is 16.0. The second kappa shape index (κ2) is 19.6. The molecule has 57 heavy (non-hydrogen) atoms. The van der Waals surface area contributed by atoms with Gasteiger partial charge in [-0.25, -0.2) is 14.6 Å². The summed E-state index contributed by atoms with van der Waals surface area (Å²) in [5.41, 5.74) is 6.43. The highest BCUT2D eigenvalue weighted by molar-refractivity contribution is 5.99. The van der Waals surface area contributed by atoms with Crippen LogP contribution in [0.3, 0.4) is 0 Å². The van der Waals surface area contributed by atoms with Gasteiger partial charge in [0.25, 0.3) is 5.91 Å². The summed E-state index contributed by atoms with van der Waals surface area (Å²) in [4.78, 5) is 85.1. The molecule has 3 aromatic rings. The van der Waals surface area contributed by atoms with E-state index < -0.39 is 79.1 Å². The van der Waals surface area contributed by atoms with Crippen molar-refractivity contribution in [2.75, 3.05) is 26.3 Å². The molecular formula is C42H54N6O9. The van der Waals surface area contributed by atoms with E-state index in [9.17, 15) is 28.8 Å². The smallest absolute Gasteiger partial charge is 0.332 e. The Morgan fingerprint density at radius 2 is 1.63 bits per heavy atom. The first-order valence-corrected chi connectivity index (χ1v) is 19.5. The lowest BCUT2D eigenvalue weighted by Gasteiger charge is -2.48. The van der Waals surface area contributed by atoms with Crippen molar-refractivity contribution in [2.24, 2.45) is 17.6 Å². The van der Waals surface area contributed by atoms with Crippen LogP contribution in [-0.4, -0.2) is 107 Å². The third-order valence-corrected chi connectivity index (χ3v) is 10.4. The van der Waals surface area contributed by atoms with Gasteiger partial charge in [0.2, 0.25) is 17.7 Å². The van der Waals surface area contributed by atoms with E-state index in [-0.39, 0.29) is 30.5 Å². The number of hydrogen-bond donors (Lipinski definition) is 5. The summed E-state index contributed by atoms with van der Waals surface area (Å²) in [6, 6.07) is 16.7. The zero-order valence-corrected chi connectivity index (χ0v) is 32.8. The van der Waals surface area contributed by atoms with Crippen LogP contribution in [-0.2, 0) is 39.9 Å². The van der Waals surface area contributed by atoms with E-state index in [1.807, 2.05) is 68.1 Å². The average Bonchev–Trinajstić information content (AvgIpc) is 3.16. The first-order chi connectivity index (χ1) is 27.2. The number of carboxylic acid groups (broad SMARTS) is 1. The van der Waals surface area contributed by atoms with Gasteiger partial charge in [-0.15, -0.1) is 0 Å². The fraction of sp³-hybridized carbons (Fsp3) is 0.500. The Hall–Kier alpha value is -5.41. The lowest BCUT2D eigenvalue weighted by atomic mass is 9.70. The third-order valence-electron chi connectivity index (χ3n) is 10.4. The minimum Gasteiger partial charge on any atom is -0.480 e. The number of aliphatic carboxylic acids is 1. The van der Waals surface area contributed by atoms with E-state index in [0.29, 0.717) is 18.0 Å². The molecule has 5 rings (SSSR count). The third kappa shape index (κ3) is 12.5. The van der Waals surface area contributed by atoms with Gasteiger partial charge in [-0.3, -0.25) is 24.1 Å². The first kappa shape index (κ1) is 42.7. The van der Waals surface area contributed by atoms with E-state index in [4.69, 9.17) is 20.3 Å². The number of ether oxygens (including phenoxy) is 2. The summed E-state index contributed by atoms with van der Waals surface area (Å²) in [6.07, 6.45) is 3.29. The van der Waals surface area contributed by atoms with Gasteiger partial charge in [0, 0.05) is 17.5 Å². The Labute approximate surface area is 332 Å². The SMILES string of the molecule is CC(C)(C)NC(=O)[C@@H]1[C@@H]2CCCC[C@@H]2CCN1C[C@@H](OC(=O)COCC(=O)O)[C@H](Cc1ccccc1)NC(=O)[C@H](CC(N)=O)NC(=O)c1ccc2ccccc2n1. The van der Waals surface area contributed by atoms with Gasteiger partial charge < -0.3 is 36.3 Å². The Bertz CT molecular complexity index is 1900. The summed E-state index contributed by atoms with van der Waals surface area (Å²) in [6.45, 7) is 4.91. The number of pyridine rings is 1. The van der Waals surface area contributed by atoms with Gasteiger partial charge in [-0.05, 0) is 76.1 Å². The normalized spacial score (nSPS) is 19.9. The lowest BCUT2D eigenvalue weighted by Crippen LogP contribution is -2.63. The van der Waals surface area contributed by atoms with Crippen LogP contribution in [0.25, 0.3) is 10.9 Å². The molecule has 2 fully saturated rings. The molecule has 2 aliphatic rings. The van der Waals surface area contributed by atoms with E-state index in [0.717, 1.165) is 43.1 Å². The molecule has 15 heteroatoms. The summed E-state index contributed by atoms with van der Waals surface area (Å²) in [5.74, 6) is -4.17. The number of piperidine rings is 1. The molecule has 1 aromatic heterocycles. The number of primary amides is 1. The largest absolute Gasteiger partial charge is 0.480 e. The molecule has 0 spiro atoms. The monoisotopic (exact) mass is 786 g/mol. The van der Waals surface area contributed by atoms with E-state index >= 15 is 0 Å². The van der Waals surface area contributed by atoms with Crippen molar-refractivity contribution in [1.82, 2.24) is 25.8 Å². The molecule has 0 unspecified atom stereocenters. The standard InChI is InChI=1S/C42H54N6O9/c1-42(2,3)47-41(55)38-29-15-9-7-13-27(29)19-20-48(38)23-34(57-37(52)25-56-24-36(50)51)32(21-26-11-5-4-6-12-26)45-40(54)33(22-35(43)49)46-39(53)31-18-17-28-14-8-10-16-30(28)44-31/h4-6,8,10-12,14,16-18,27,29,32-34,38H,7,9,13,15,19-25H2,1-3H3,(H2,43,49)(H,45,54)(H,46,53)(H,47,55)(H,50,51)/t27-,29-,32+,33+,34-,38+/m1/s1. The number of aromatic nitrogens is 1. The van der Waals surface area contributed by atoms with Crippen LogP contribution < -0.4 is 21.7 Å². The van der Waals surface area contributed by atoms with Crippen molar-refractivity contribution >= 4 is 46.5 Å². The average molecular weight is 787 g/mol. The van der Waals surface area contributed by atoms with Gasteiger partial charge in [0.05, 0.1) is 24.0 Å². The molecule has 6 N–H and O–H groups in total. The lowest BCUT2D eigenvalue weighted by molar-refractivity contribution is -0.161. The molecule has 1 aliphatic heterocycles. The van der Waals surface area contributed by atoms with Crippen molar-refractivity contribution in [3.8, 4) is 0 Å². The number of fused-ring (bicyclic) bond motifs is 2. The van der Waals surface area contributed by atoms with Crippen LogP contribution in [0.15, 0.2) is 66.7 Å². The number of hydrogen-bond acceptors (Lipinski definition) is 10. The molecule has 306 valence electrons. The fourth-order valence-electron chi connectivity index (χ4n) is 7.92. The summed E-state index contributed by atoms with van der Waals surface area (Å²) >= 11 is 0. The number of nitrogens with two attached hydrogens (primary N) is 1. The predicted molar refractivity (Wildman–Crippen MR) is 211 cm³/mol. The molecule has 0 radical (unpaired) electrons. The Morgan fingerprint density at radius 1 is 0.912 bits per heavy atom. The van der Waals surface area contributed by atoms with Crippen molar-refractivity contribution in [3.05, 3.63) is 78.0 Å². The number of nitrogens with one attached hydrogen (secondary N) is 3. The van der Waals surface area contributed by atoms with Crippen molar-refractivity contribution in [2.45, 2.75) is 95.5 Å². The molecule has 0 bridgehead atoms. The zero-order chi connectivity index (χ0) is 41.1. The number of amides is 4. The van der Waals surface area contributed by atoms with Crippen LogP contribution in [0.4, 0.5) is 0 Å². The molecule has 2 aromatic carbocycles. The number of benzene rings is 2. The van der Waals surface area contributed by atoms with Gasteiger partial charge in [0.1, 0.15) is 31.1 Å². The maximum Gasteiger partial charge on any atom is 0.332 e. The number of esters is 1. The highest BCUT2D eigenvalue weighted by Gasteiger charge is 2.45. The number of rotatable bonds is 17. The molecule has 1 saturated carbocycles. The minimum atomic E-state index is -1.43. The summed E-state index contributed by atoms with van der Waals surface area (Å²) in [7, 11) is 0. The number of carbonyl (C=O) groups excluding carboxylic acids is 5. The second-order valence-corrected chi connectivity index (χ2v) is 16.0. The maximum atomic E-state index is 14.2. The molecular weight excluding hydrogens is 732 g/mol. The van der Waals surface area contributed by atoms with Crippen molar-refractivity contribution < 1.29 is 43.3 Å². The Kier molecular flexibility index (Phi) is 14.7. The quantitative estimate of drug-likeness (QED) is 0.125. The predicted octanol–water partition coefficient (Wildman–Crippen LogP) is 2.74. The van der Waals surface area contributed by atoms with E-state index in [1.54, 1.807) is 18.2 Å². The highest BCUT2D eigenvalue weighted by atomic mass is 16.6. The van der Waals surface area contributed by atoms with E-state index in [2.05, 4.69) is 20.9 Å². The van der Waals surface area contributed by atoms with Gasteiger partial charge in [-0.2, -0.15) is 0 Å². The molecule has 1 saturated heterocycles. The topological polar surface area (TPSA) is 219 Å². The van der Waals surface area contributed by atoms with Crippen LogP contribution in [0.5, 0.6) is 0 Å². The maximum absolute atomic E-state index is 14.2. The van der Waals surface area contributed by atoms with Gasteiger partial charge in [-0.1, -0.05) is 73.9 Å². The first-order valence-electron chi connectivity index (χ1n) is 19.5. The summed E-state index contributed by atoms with van der Waals surface area (Å²) in [5, 5.41) is 18.6. The van der Waals surface area contributed by atoms with Crippen molar-refractivity contribution in [3.63, 3.8) is 0 Å². The Morgan fingerprint density at radius 3 is 2.35 bits per heavy atom. The molecule has 2 heterocycles.